The molecule has 1 atom stereocenters. The van der Waals surface area contributed by atoms with Gasteiger partial charge in [0.25, 0.3) is 0 Å². The van der Waals surface area contributed by atoms with Gasteiger partial charge in [-0.2, -0.15) is 0 Å². The molecule has 0 nitrogen and oxygen atoms in total. The largest absolute Gasteiger partial charge is 0.0766 e. The topological polar surface area (TPSA) is 0 Å². The lowest BCUT2D eigenvalue weighted by molar-refractivity contribution is 0.947. The van der Waals surface area contributed by atoms with Gasteiger partial charge in [-0.05, 0) is 23.1 Å². The van der Waals surface area contributed by atoms with Crippen LogP contribution in [-0.2, 0) is 6.42 Å². The number of hydrogen-bond acceptors (Lipinski definition) is 0. The van der Waals surface area contributed by atoms with Crippen molar-refractivity contribution >= 4 is 6.08 Å². The van der Waals surface area contributed by atoms with Crippen molar-refractivity contribution in [1.82, 2.24) is 0 Å². The SMILES string of the molecule is CCc1cccc2c1C(C)C=C2. The number of allylic oxidation sites excluding steroid dienone is 1. The molecule has 62 valence electrons. The molecular weight excluding hydrogens is 144 g/mol. The molecular formula is C12H14. The molecule has 12 heavy (non-hydrogen) atoms. The first kappa shape index (κ1) is 7.60. The van der Waals surface area contributed by atoms with Crippen molar-refractivity contribution in [2.45, 2.75) is 26.2 Å². The van der Waals surface area contributed by atoms with Crippen LogP contribution in [0.3, 0.4) is 0 Å². The maximum atomic E-state index is 2.28. The molecule has 0 radical (unpaired) electrons. The minimum atomic E-state index is 0.621. The first-order chi connectivity index (χ1) is 5.83. The summed E-state index contributed by atoms with van der Waals surface area (Å²) >= 11 is 0. The van der Waals surface area contributed by atoms with E-state index in [0.717, 1.165) is 6.42 Å². The van der Waals surface area contributed by atoms with Gasteiger partial charge in [0.05, 0.1) is 0 Å². The van der Waals surface area contributed by atoms with Gasteiger partial charge in [0.15, 0.2) is 0 Å². The van der Waals surface area contributed by atoms with Gasteiger partial charge in [-0.1, -0.05) is 44.2 Å². The molecule has 0 N–H and O–H groups in total. The molecule has 0 saturated carbocycles. The third-order valence-electron chi connectivity index (χ3n) is 2.63. The smallest absolute Gasteiger partial charge is 0.000156 e. The fraction of sp³-hybridized carbons (Fsp3) is 0.333. The normalized spacial score (nSPS) is 19.7. The van der Waals surface area contributed by atoms with Crippen molar-refractivity contribution in [2.75, 3.05) is 0 Å². The molecule has 0 saturated heterocycles. The number of rotatable bonds is 1. The molecule has 0 bridgehead atoms. The van der Waals surface area contributed by atoms with E-state index in [4.69, 9.17) is 0 Å². The summed E-state index contributed by atoms with van der Waals surface area (Å²) in [5, 5.41) is 0. The molecule has 0 fully saturated rings. The van der Waals surface area contributed by atoms with Crippen LogP contribution >= 0.6 is 0 Å². The van der Waals surface area contributed by atoms with Crippen molar-refractivity contribution in [2.24, 2.45) is 0 Å². The van der Waals surface area contributed by atoms with Gasteiger partial charge in [0.1, 0.15) is 0 Å². The Bertz CT molecular complexity index is 321. The monoisotopic (exact) mass is 158 g/mol. The molecule has 1 aliphatic carbocycles. The van der Waals surface area contributed by atoms with E-state index < -0.39 is 0 Å². The fourth-order valence-corrected chi connectivity index (χ4v) is 1.99. The zero-order chi connectivity index (χ0) is 8.55. The number of hydrogen-bond donors (Lipinski definition) is 0. The number of benzene rings is 1. The Hall–Kier alpha value is -1.04. The molecule has 2 rings (SSSR count). The quantitative estimate of drug-likeness (QED) is 0.587. The fourth-order valence-electron chi connectivity index (χ4n) is 1.99. The summed E-state index contributed by atoms with van der Waals surface area (Å²) in [7, 11) is 0. The lowest BCUT2D eigenvalue weighted by Crippen LogP contribution is -1.94. The van der Waals surface area contributed by atoms with E-state index in [2.05, 4.69) is 44.2 Å². The van der Waals surface area contributed by atoms with Crippen LogP contribution in [0, 0.1) is 0 Å². The van der Waals surface area contributed by atoms with Crippen LogP contribution in [0.5, 0.6) is 0 Å². The molecule has 1 unspecified atom stereocenters. The second-order valence-electron chi connectivity index (χ2n) is 3.42. The minimum Gasteiger partial charge on any atom is -0.0766 e. The molecule has 0 heterocycles. The predicted molar refractivity (Wildman–Crippen MR) is 53.3 cm³/mol. The highest BCUT2D eigenvalue weighted by atomic mass is 14.2. The standard InChI is InChI=1S/C12H14/c1-3-10-5-4-6-11-8-7-9(2)12(10)11/h4-9H,3H2,1-2H3. The van der Waals surface area contributed by atoms with Gasteiger partial charge in [-0.15, -0.1) is 0 Å². The summed E-state index contributed by atoms with van der Waals surface area (Å²) in [4.78, 5) is 0. The van der Waals surface area contributed by atoms with Gasteiger partial charge in [0, 0.05) is 5.92 Å². The summed E-state index contributed by atoms with van der Waals surface area (Å²) < 4.78 is 0. The third-order valence-corrected chi connectivity index (χ3v) is 2.63. The van der Waals surface area contributed by atoms with Gasteiger partial charge in [-0.25, -0.2) is 0 Å². The van der Waals surface area contributed by atoms with E-state index in [-0.39, 0.29) is 0 Å². The Labute approximate surface area is 73.9 Å². The summed E-state index contributed by atoms with van der Waals surface area (Å²) in [6.45, 7) is 4.49. The van der Waals surface area contributed by atoms with Crippen LogP contribution in [0.15, 0.2) is 24.3 Å². The molecule has 0 heteroatoms. The highest BCUT2D eigenvalue weighted by Gasteiger charge is 2.14. The van der Waals surface area contributed by atoms with Crippen LogP contribution in [-0.4, -0.2) is 0 Å². The van der Waals surface area contributed by atoms with Crippen LogP contribution in [0.2, 0.25) is 0 Å². The van der Waals surface area contributed by atoms with Crippen LogP contribution in [0.4, 0.5) is 0 Å². The maximum Gasteiger partial charge on any atom is 0.000156 e. The van der Waals surface area contributed by atoms with E-state index in [9.17, 15) is 0 Å². The average Bonchev–Trinajstić information content (AvgIpc) is 2.48. The lowest BCUT2D eigenvalue weighted by atomic mass is 9.95. The summed E-state index contributed by atoms with van der Waals surface area (Å²) in [5.74, 6) is 0.621. The Balaban J connectivity index is 2.58. The van der Waals surface area contributed by atoms with E-state index in [1.807, 2.05) is 0 Å². The number of aryl methyl sites for hydroxylation is 1. The summed E-state index contributed by atoms with van der Waals surface area (Å²) in [6.07, 6.45) is 5.66. The first-order valence-corrected chi connectivity index (χ1v) is 4.63. The second kappa shape index (κ2) is 2.78. The minimum absolute atomic E-state index is 0.621. The van der Waals surface area contributed by atoms with E-state index in [1.54, 1.807) is 5.56 Å². The van der Waals surface area contributed by atoms with E-state index in [1.165, 1.54) is 11.1 Å². The van der Waals surface area contributed by atoms with Crippen LogP contribution in [0.1, 0.15) is 36.5 Å². The Morgan fingerprint density at radius 1 is 1.33 bits per heavy atom. The highest BCUT2D eigenvalue weighted by Crippen LogP contribution is 2.32. The Morgan fingerprint density at radius 2 is 2.17 bits per heavy atom. The average molecular weight is 158 g/mol. The van der Waals surface area contributed by atoms with Gasteiger partial charge in [0.2, 0.25) is 0 Å². The Kier molecular flexibility index (Phi) is 1.76. The molecule has 0 amide bonds. The Morgan fingerprint density at radius 3 is 2.92 bits per heavy atom. The molecule has 0 spiro atoms. The highest BCUT2D eigenvalue weighted by molar-refractivity contribution is 5.64. The van der Waals surface area contributed by atoms with E-state index in [0.29, 0.717) is 5.92 Å². The second-order valence-corrected chi connectivity index (χ2v) is 3.42. The molecule has 1 aliphatic rings. The molecule has 0 aromatic heterocycles. The van der Waals surface area contributed by atoms with Crippen molar-refractivity contribution in [1.29, 1.82) is 0 Å². The van der Waals surface area contributed by atoms with Gasteiger partial charge >= 0.3 is 0 Å². The zero-order valence-corrected chi connectivity index (χ0v) is 7.67. The predicted octanol–water partition coefficient (Wildman–Crippen LogP) is 3.38. The maximum absolute atomic E-state index is 2.28. The summed E-state index contributed by atoms with van der Waals surface area (Å²) in [6, 6.07) is 6.59. The van der Waals surface area contributed by atoms with Crippen molar-refractivity contribution in [3.63, 3.8) is 0 Å². The summed E-state index contributed by atoms with van der Waals surface area (Å²) in [5.41, 5.74) is 4.46. The lowest BCUT2D eigenvalue weighted by Gasteiger charge is -2.09. The van der Waals surface area contributed by atoms with Crippen molar-refractivity contribution < 1.29 is 0 Å². The number of fused-ring (bicyclic) bond motifs is 1. The van der Waals surface area contributed by atoms with Crippen molar-refractivity contribution in [3.8, 4) is 0 Å². The molecule has 1 aromatic carbocycles. The van der Waals surface area contributed by atoms with Crippen molar-refractivity contribution in [3.05, 3.63) is 41.0 Å². The third kappa shape index (κ3) is 0.989. The molecule has 0 aliphatic heterocycles. The first-order valence-electron chi connectivity index (χ1n) is 4.63. The molecule has 1 aromatic rings. The van der Waals surface area contributed by atoms with Gasteiger partial charge in [-0.3, -0.25) is 0 Å². The van der Waals surface area contributed by atoms with Crippen LogP contribution in [0.25, 0.3) is 6.08 Å². The zero-order valence-electron chi connectivity index (χ0n) is 7.67. The van der Waals surface area contributed by atoms with E-state index >= 15 is 0 Å². The van der Waals surface area contributed by atoms with Gasteiger partial charge < -0.3 is 0 Å². The van der Waals surface area contributed by atoms with Crippen LogP contribution < -0.4 is 0 Å².